The summed E-state index contributed by atoms with van der Waals surface area (Å²) in [6.07, 6.45) is 11.5. The summed E-state index contributed by atoms with van der Waals surface area (Å²) in [4.78, 5) is 10.2. The van der Waals surface area contributed by atoms with Crippen molar-refractivity contribution in [1.82, 2.24) is 20.3 Å². The molecule has 0 saturated carbocycles. The Morgan fingerprint density at radius 3 is 2.63 bits per heavy atom. The molecule has 0 unspecified atom stereocenters. The quantitative estimate of drug-likeness (QED) is 0.387. The zero-order valence-corrected chi connectivity index (χ0v) is 12.3. The summed E-state index contributed by atoms with van der Waals surface area (Å²) in [5.74, 6) is 0. The second-order valence-corrected chi connectivity index (χ2v) is 4.59. The van der Waals surface area contributed by atoms with E-state index in [-0.39, 0.29) is 17.1 Å². The number of aromatic nitrogens is 2. The van der Waals surface area contributed by atoms with Crippen molar-refractivity contribution < 1.29 is 17.1 Å². The first-order valence-electron chi connectivity index (χ1n) is 6.20. The minimum atomic E-state index is 0. The molecular formula is C12H17CuN5S+2. The molecule has 1 fully saturated rings. The van der Waals surface area contributed by atoms with Crippen LogP contribution in [0, 0.1) is 0 Å². The van der Waals surface area contributed by atoms with Gasteiger partial charge in [0.2, 0.25) is 0 Å². The summed E-state index contributed by atoms with van der Waals surface area (Å²) in [6, 6.07) is 0. The van der Waals surface area contributed by atoms with Gasteiger partial charge in [0.1, 0.15) is 5.69 Å². The van der Waals surface area contributed by atoms with Gasteiger partial charge in [-0.3, -0.25) is 15.4 Å². The molecule has 105 valence electrons. The summed E-state index contributed by atoms with van der Waals surface area (Å²) in [7, 11) is 0. The summed E-state index contributed by atoms with van der Waals surface area (Å²) >= 11 is 5.31. The van der Waals surface area contributed by atoms with E-state index in [1.807, 2.05) is 0 Å². The van der Waals surface area contributed by atoms with Crippen molar-refractivity contribution >= 4 is 23.5 Å². The summed E-state index contributed by atoms with van der Waals surface area (Å²) < 4.78 is 0. The van der Waals surface area contributed by atoms with Crippen LogP contribution in [0.2, 0.25) is 0 Å². The molecule has 1 aliphatic rings. The van der Waals surface area contributed by atoms with Crippen molar-refractivity contribution in [3.63, 3.8) is 0 Å². The van der Waals surface area contributed by atoms with Crippen LogP contribution in [0.3, 0.4) is 0 Å². The van der Waals surface area contributed by atoms with Crippen molar-refractivity contribution in [3.05, 3.63) is 24.3 Å². The van der Waals surface area contributed by atoms with E-state index in [4.69, 9.17) is 12.2 Å². The Morgan fingerprint density at radius 1 is 1.26 bits per heavy atom. The zero-order chi connectivity index (χ0) is 12.6. The third-order valence-corrected chi connectivity index (χ3v) is 3.18. The van der Waals surface area contributed by atoms with Crippen molar-refractivity contribution in [2.24, 2.45) is 5.10 Å². The van der Waals surface area contributed by atoms with Gasteiger partial charge in [-0.2, -0.15) is 5.10 Å². The Balaban J connectivity index is 0.00000180. The monoisotopic (exact) mass is 326 g/mol. The van der Waals surface area contributed by atoms with E-state index in [1.165, 1.54) is 25.7 Å². The topological polar surface area (TPSA) is 53.4 Å². The maximum atomic E-state index is 5.31. The van der Waals surface area contributed by atoms with Crippen molar-refractivity contribution in [2.75, 3.05) is 13.1 Å². The van der Waals surface area contributed by atoms with E-state index in [1.54, 1.807) is 24.8 Å². The number of nitrogens with one attached hydrogen (secondary N) is 1. The number of hydrazone groups is 1. The van der Waals surface area contributed by atoms with Crippen LogP contribution < -0.4 is 5.43 Å². The second kappa shape index (κ2) is 8.96. The summed E-state index contributed by atoms with van der Waals surface area (Å²) in [5, 5.41) is 4.78. The van der Waals surface area contributed by atoms with Gasteiger partial charge in [0.15, 0.2) is 5.11 Å². The van der Waals surface area contributed by atoms with Crippen molar-refractivity contribution in [3.8, 4) is 0 Å². The summed E-state index contributed by atoms with van der Waals surface area (Å²) in [6.45, 7) is 2.04. The zero-order valence-electron chi connectivity index (χ0n) is 10.6. The van der Waals surface area contributed by atoms with Crippen LogP contribution in [-0.4, -0.2) is 39.3 Å². The first-order chi connectivity index (χ1) is 8.86. The molecule has 5 nitrogen and oxygen atoms in total. The Labute approximate surface area is 129 Å². The van der Waals surface area contributed by atoms with E-state index in [9.17, 15) is 0 Å². The van der Waals surface area contributed by atoms with Crippen LogP contribution in [0.25, 0.3) is 0 Å². The second-order valence-electron chi connectivity index (χ2n) is 4.21. The molecule has 1 N–H and O–H groups in total. The third-order valence-electron chi connectivity index (χ3n) is 2.83. The normalized spacial score (nSPS) is 15.7. The van der Waals surface area contributed by atoms with Gasteiger partial charge < -0.3 is 4.90 Å². The molecule has 19 heavy (non-hydrogen) atoms. The van der Waals surface area contributed by atoms with Crippen molar-refractivity contribution in [1.29, 1.82) is 0 Å². The molecule has 1 aromatic rings. The smallest absolute Gasteiger partial charge is 0.348 e. The molecule has 0 amide bonds. The fourth-order valence-corrected chi connectivity index (χ4v) is 2.11. The molecule has 0 atom stereocenters. The molecule has 1 aliphatic heterocycles. The fraction of sp³-hybridized carbons (Fsp3) is 0.500. The predicted octanol–water partition coefficient (Wildman–Crippen LogP) is 1.56. The summed E-state index contributed by atoms with van der Waals surface area (Å²) in [5.41, 5.74) is 3.60. The molecule has 0 spiro atoms. The number of hydrogen-bond donors (Lipinski definition) is 1. The van der Waals surface area contributed by atoms with Gasteiger partial charge in [-0.1, -0.05) is 12.8 Å². The molecule has 0 aromatic carbocycles. The molecule has 1 saturated heterocycles. The minimum Gasteiger partial charge on any atom is -0.348 e. The Morgan fingerprint density at radius 2 is 2.00 bits per heavy atom. The van der Waals surface area contributed by atoms with Crippen LogP contribution in [0.4, 0.5) is 0 Å². The Bertz CT molecular complexity index is 404. The number of likely N-dealkylation sites (tertiary alicyclic amines) is 1. The first kappa shape index (κ1) is 16.0. The number of nitrogens with zero attached hydrogens (tertiary/aromatic N) is 4. The van der Waals surface area contributed by atoms with Crippen LogP contribution in [0.1, 0.15) is 31.4 Å². The fourth-order valence-electron chi connectivity index (χ4n) is 1.88. The van der Waals surface area contributed by atoms with Crippen LogP contribution in [-0.2, 0) is 17.1 Å². The average molecular weight is 327 g/mol. The minimum absolute atomic E-state index is 0. The van der Waals surface area contributed by atoms with Gasteiger partial charge in [-0.25, -0.2) is 0 Å². The van der Waals surface area contributed by atoms with E-state index in [0.717, 1.165) is 13.1 Å². The first-order valence-corrected chi connectivity index (χ1v) is 6.61. The SMILES string of the molecule is S=C(NN=Cc1cnccn1)N1CCCCCC1.[Cu+2]. The Hall–Kier alpha value is -1.04. The van der Waals surface area contributed by atoms with Gasteiger partial charge >= 0.3 is 17.1 Å². The molecule has 2 rings (SSSR count). The molecule has 2 heterocycles. The van der Waals surface area contributed by atoms with Crippen molar-refractivity contribution in [2.45, 2.75) is 25.7 Å². The molecule has 7 heteroatoms. The van der Waals surface area contributed by atoms with Gasteiger partial charge in [0.25, 0.3) is 0 Å². The molecular weight excluding hydrogens is 310 g/mol. The van der Waals surface area contributed by atoms with Gasteiger partial charge in [0.05, 0.1) is 12.4 Å². The standard InChI is InChI=1S/C12H17N5S.Cu/c18-12(17-7-3-1-2-4-8-17)16-15-10-11-9-13-5-6-14-11;/h5-6,9-10H,1-4,7-8H2,(H,16,18);/q;+2. The van der Waals surface area contributed by atoms with E-state index in [2.05, 4.69) is 25.4 Å². The number of thiocarbonyl (C=S) groups is 1. The predicted molar refractivity (Wildman–Crippen MR) is 75.4 cm³/mol. The number of rotatable bonds is 2. The maximum absolute atomic E-state index is 5.31. The van der Waals surface area contributed by atoms with Gasteiger partial charge in [-0.05, 0) is 25.1 Å². The molecule has 0 aliphatic carbocycles. The van der Waals surface area contributed by atoms with Gasteiger partial charge in [-0.15, -0.1) is 0 Å². The molecule has 1 radical (unpaired) electrons. The van der Waals surface area contributed by atoms with Crippen LogP contribution in [0.5, 0.6) is 0 Å². The third kappa shape index (κ3) is 5.63. The maximum Gasteiger partial charge on any atom is 2.00 e. The van der Waals surface area contributed by atoms with E-state index < -0.39 is 0 Å². The van der Waals surface area contributed by atoms with Gasteiger partial charge in [0, 0.05) is 25.5 Å². The molecule has 1 aromatic heterocycles. The van der Waals surface area contributed by atoms with E-state index in [0.29, 0.717) is 10.8 Å². The number of hydrogen-bond acceptors (Lipinski definition) is 4. The largest absolute Gasteiger partial charge is 2.00 e. The molecule has 0 bridgehead atoms. The Kier molecular flexibility index (Phi) is 7.55. The van der Waals surface area contributed by atoms with E-state index >= 15 is 0 Å². The van der Waals surface area contributed by atoms with Crippen LogP contribution in [0.15, 0.2) is 23.7 Å². The average Bonchev–Trinajstić information content (AvgIpc) is 2.69. The van der Waals surface area contributed by atoms with Crippen LogP contribution >= 0.6 is 12.2 Å².